The summed E-state index contributed by atoms with van der Waals surface area (Å²) < 4.78 is 19.4. The summed E-state index contributed by atoms with van der Waals surface area (Å²) in [5.74, 6) is -0.0483. The molecule has 5 heteroatoms. The van der Waals surface area contributed by atoms with Gasteiger partial charge in [0.15, 0.2) is 5.82 Å². The van der Waals surface area contributed by atoms with E-state index < -0.39 is 5.82 Å². The summed E-state index contributed by atoms with van der Waals surface area (Å²) >= 11 is 5.75. The fourth-order valence-electron chi connectivity index (χ4n) is 1.64. The molecule has 1 aromatic heterocycles. The lowest BCUT2D eigenvalue weighted by Crippen LogP contribution is -1.95. The molecule has 96 valence electrons. The van der Waals surface area contributed by atoms with E-state index in [9.17, 15) is 4.39 Å². The van der Waals surface area contributed by atoms with Crippen molar-refractivity contribution in [1.29, 1.82) is 5.26 Å². The Labute approximate surface area is 115 Å². The van der Waals surface area contributed by atoms with Gasteiger partial charge in [0.2, 0.25) is 0 Å². The molecule has 0 saturated carbocycles. The third-order valence-electron chi connectivity index (χ3n) is 2.53. The number of ether oxygens (including phenoxy) is 1. The first-order chi connectivity index (χ1) is 9.17. The van der Waals surface area contributed by atoms with E-state index in [0.29, 0.717) is 18.1 Å². The summed E-state index contributed by atoms with van der Waals surface area (Å²) in [5, 5.41) is 8.96. The van der Waals surface area contributed by atoms with Gasteiger partial charge in [-0.05, 0) is 31.2 Å². The molecule has 0 aliphatic heterocycles. The van der Waals surface area contributed by atoms with Crippen LogP contribution in [0.5, 0.6) is 5.75 Å². The molecule has 3 nitrogen and oxygen atoms in total. The van der Waals surface area contributed by atoms with Crippen molar-refractivity contribution in [3.8, 4) is 23.1 Å². The number of nitriles is 1. The number of halogens is 2. The monoisotopic (exact) mass is 276 g/mol. The molecule has 2 rings (SSSR count). The van der Waals surface area contributed by atoms with E-state index >= 15 is 0 Å². The highest BCUT2D eigenvalue weighted by Gasteiger charge is 2.14. The molecule has 0 aliphatic carbocycles. The minimum atomic E-state index is -0.661. The molecule has 0 saturated heterocycles. The van der Waals surface area contributed by atoms with Crippen LogP contribution >= 0.6 is 11.6 Å². The molecule has 1 aromatic carbocycles. The topological polar surface area (TPSA) is 45.9 Å². The summed E-state index contributed by atoms with van der Waals surface area (Å²) in [4.78, 5) is 4.12. The second-order valence-electron chi connectivity index (χ2n) is 3.71. The zero-order chi connectivity index (χ0) is 13.8. The number of hydrogen-bond donors (Lipinski definition) is 0. The van der Waals surface area contributed by atoms with Crippen molar-refractivity contribution in [1.82, 2.24) is 4.98 Å². The van der Waals surface area contributed by atoms with Gasteiger partial charge in [0.25, 0.3) is 0 Å². The van der Waals surface area contributed by atoms with E-state index in [4.69, 9.17) is 21.6 Å². The number of aromatic nitrogens is 1. The van der Waals surface area contributed by atoms with Crippen LogP contribution in [0.3, 0.4) is 0 Å². The van der Waals surface area contributed by atoms with Gasteiger partial charge in [-0.3, -0.25) is 4.98 Å². The Balaban J connectivity index is 2.45. The summed E-state index contributed by atoms with van der Waals surface area (Å²) in [7, 11) is 0. The number of hydrogen-bond acceptors (Lipinski definition) is 3. The summed E-state index contributed by atoms with van der Waals surface area (Å²) in [5.41, 5.74) is 0.493. The minimum Gasteiger partial charge on any atom is -0.492 e. The van der Waals surface area contributed by atoms with E-state index in [0.717, 1.165) is 0 Å². The molecule has 0 N–H and O–H groups in total. The predicted octanol–water partition coefficient (Wildman–Crippen LogP) is 3.81. The Morgan fingerprint density at radius 2 is 2.16 bits per heavy atom. The van der Waals surface area contributed by atoms with Crippen molar-refractivity contribution >= 4 is 11.6 Å². The van der Waals surface area contributed by atoms with Crippen LogP contribution in [0.2, 0.25) is 5.02 Å². The predicted molar refractivity (Wildman–Crippen MR) is 70.5 cm³/mol. The largest absolute Gasteiger partial charge is 0.492 e. The van der Waals surface area contributed by atoms with Gasteiger partial charge < -0.3 is 4.74 Å². The van der Waals surface area contributed by atoms with Crippen molar-refractivity contribution in [3.05, 3.63) is 46.9 Å². The van der Waals surface area contributed by atoms with E-state index in [1.165, 1.54) is 18.3 Å². The molecule has 0 fully saturated rings. The lowest BCUT2D eigenvalue weighted by atomic mass is 10.1. The van der Waals surface area contributed by atoms with Crippen molar-refractivity contribution in [2.75, 3.05) is 6.61 Å². The maximum Gasteiger partial charge on any atom is 0.151 e. The third kappa shape index (κ3) is 2.67. The lowest BCUT2D eigenvalue weighted by Gasteiger charge is -2.07. The molecule has 0 aliphatic rings. The van der Waals surface area contributed by atoms with Crippen LogP contribution in [0.1, 0.15) is 12.5 Å². The van der Waals surface area contributed by atoms with Crippen LogP contribution in [0, 0.1) is 17.1 Å². The SMILES string of the molecule is CCOc1ccc(-c2ccc(Cl)c(C#N)c2F)nc1. The maximum atomic E-state index is 14.1. The highest BCUT2D eigenvalue weighted by Crippen LogP contribution is 2.28. The van der Waals surface area contributed by atoms with Crippen LogP contribution in [-0.4, -0.2) is 11.6 Å². The lowest BCUT2D eigenvalue weighted by molar-refractivity contribution is 0.339. The van der Waals surface area contributed by atoms with Gasteiger partial charge >= 0.3 is 0 Å². The summed E-state index contributed by atoms with van der Waals surface area (Å²) in [6, 6.07) is 8.07. The average molecular weight is 277 g/mol. The maximum absolute atomic E-state index is 14.1. The molecule has 2 aromatic rings. The highest BCUT2D eigenvalue weighted by atomic mass is 35.5. The molecule has 19 heavy (non-hydrogen) atoms. The van der Waals surface area contributed by atoms with Crippen LogP contribution in [-0.2, 0) is 0 Å². The first kappa shape index (κ1) is 13.3. The van der Waals surface area contributed by atoms with Gasteiger partial charge in [0, 0.05) is 5.56 Å². The molecule has 1 heterocycles. The number of pyridine rings is 1. The quantitative estimate of drug-likeness (QED) is 0.856. The molecule has 0 bridgehead atoms. The smallest absolute Gasteiger partial charge is 0.151 e. The molecule has 0 spiro atoms. The van der Waals surface area contributed by atoms with Crippen LogP contribution in [0.4, 0.5) is 4.39 Å². The number of benzene rings is 1. The van der Waals surface area contributed by atoms with Crippen LogP contribution in [0.15, 0.2) is 30.5 Å². The summed E-state index contributed by atoms with van der Waals surface area (Å²) in [6.07, 6.45) is 1.51. The number of rotatable bonds is 3. The Morgan fingerprint density at radius 1 is 1.37 bits per heavy atom. The third-order valence-corrected chi connectivity index (χ3v) is 2.84. The average Bonchev–Trinajstić information content (AvgIpc) is 2.41. The Morgan fingerprint density at radius 3 is 2.74 bits per heavy atom. The van der Waals surface area contributed by atoms with Gasteiger partial charge in [-0.2, -0.15) is 5.26 Å². The van der Waals surface area contributed by atoms with Crippen LogP contribution < -0.4 is 4.74 Å². The molecule has 0 unspecified atom stereocenters. The zero-order valence-electron chi connectivity index (χ0n) is 10.2. The van der Waals surface area contributed by atoms with E-state index in [1.54, 1.807) is 18.2 Å². The molecular weight excluding hydrogens is 267 g/mol. The second-order valence-corrected chi connectivity index (χ2v) is 4.12. The van der Waals surface area contributed by atoms with E-state index in [-0.39, 0.29) is 16.1 Å². The van der Waals surface area contributed by atoms with Gasteiger partial charge in [-0.1, -0.05) is 11.6 Å². The first-order valence-corrected chi connectivity index (χ1v) is 6.02. The fraction of sp³-hybridized carbons (Fsp3) is 0.143. The Bertz CT molecular complexity index is 635. The second kappa shape index (κ2) is 5.68. The standard InChI is InChI=1S/C14H10ClFN2O/c1-2-19-9-3-6-13(18-8-9)10-4-5-12(15)11(7-17)14(10)16/h3-6,8H,2H2,1H3. The molecule has 0 radical (unpaired) electrons. The highest BCUT2D eigenvalue weighted by molar-refractivity contribution is 6.31. The van der Waals surface area contributed by atoms with Gasteiger partial charge in [-0.25, -0.2) is 4.39 Å². The Kier molecular flexibility index (Phi) is 3.98. The number of nitrogens with zero attached hydrogens (tertiary/aromatic N) is 2. The molecule has 0 atom stereocenters. The van der Waals surface area contributed by atoms with Crippen molar-refractivity contribution in [3.63, 3.8) is 0 Å². The van der Waals surface area contributed by atoms with Gasteiger partial charge in [0.05, 0.1) is 23.5 Å². The van der Waals surface area contributed by atoms with E-state index in [1.807, 2.05) is 6.92 Å². The summed E-state index contributed by atoms with van der Waals surface area (Å²) in [6.45, 7) is 2.40. The van der Waals surface area contributed by atoms with Crippen molar-refractivity contribution in [2.24, 2.45) is 0 Å². The normalized spacial score (nSPS) is 10.0. The van der Waals surface area contributed by atoms with Crippen molar-refractivity contribution < 1.29 is 9.13 Å². The van der Waals surface area contributed by atoms with Crippen molar-refractivity contribution in [2.45, 2.75) is 6.92 Å². The van der Waals surface area contributed by atoms with Gasteiger partial charge in [0.1, 0.15) is 17.4 Å². The molecule has 0 amide bonds. The van der Waals surface area contributed by atoms with Crippen LogP contribution in [0.25, 0.3) is 11.3 Å². The minimum absolute atomic E-state index is 0.0923. The Hall–Kier alpha value is -2.12. The first-order valence-electron chi connectivity index (χ1n) is 5.64. The zero-order valence-corrected chi connectivity index (χ0v) is 10.9. The molecular formula is C14H10ClFN2O. The fourth-order valence-corrected chi connectivity index (χ4v) is 1.83. The van der Waals surface area contributed by atoms with Gasteiger partial charge in [-0.15, -0.1) is 0 Å². The van der Waals surface area contributed by atoms with E-state index in [2.05, 4.69) is 4.98 Å².